The molecule has 1 amide bonds. The lowest BCUT2D eigenvalue weighted by Gasteiger charge is -2.16. The van der Waals surface area contributed by atoms with Crippen LogP contribution < -0.4 is 10.1 Å². The molecule has 0 heterocycles. The van der Waals surface area contributed by atoms with Crippen LogP contribution in [0.15, 0.2) is 42.5 Å². The van der Waals surface area contributed by atoms with E-state index in [1.54, 1.807) is 0 Å². The van der Waals surface area contributed by atoms with Crippen molar-refractivity contribution in [1.82, 2.24) is 0 Å². The van der Waals surface area contributed by atoms with E-state index in [0.717, 1.165) is 30.3 Å². The molecule has 0 aromatic heterocycles. The number of hydrogen-bond donors (Lipinski definition) is 1. The molecule has 28 heavy (non-hydrogen) atoms. The molecule has 0 spiro atoms. The topological polar surface area (TPSA) is 47.6 Å². The molecule has 0 aliphatic heterocycles. The van der Waals surface area contributed by atoms with Gasteiger partial charge in [0.2, 0.25) is 0 Å². The van der Waals surface area contributed by atoms with Crippen LogP contribution in [0, 0.1) is 0 Å². The summed E-state index contributed by atoms with van der Waals surface area (Å²) in [5.41, 5.74) is -2.80. The summed E-state index contributed by atoms with van der Waals surface area (Å²) in [4.78, 5) is 12.3. The SMILES string of the molecule is COCCOc1ccc(C(F)(F)F)cc1NC(=O)c1cccc(C(F)(F)F)c1. The van der Waals surface area contributed by atoms with Crippen LogP contribution >= 0.6 is 0 Å². The summed E-state index contributed by atoms with van der Waals surface area (Å²) >= 11 is 0. The van der Waals surface area contributed by atoms with Crippen LogP contribution in [0.25, 0.3) is 0 Å². The predicted octanol–water partition coefficient (Wildman–Crippen LogP) is 5.00. The maximum atomic E-state index is 13.0. The fourth-order valence-corrected chi connectivity index (χ4v) is 2.20. The summed E-state index contributed by atoms with van der Waals surface area (Å²) in [5.74, 6) is -1.09. The Bertz CT molecular complexity index is 833. The highest BCUT2D eigenvalue weighted by molar-refractivity contribution is 6.05. The van der Waals surface area contributed by atoms with E-state index in [9.17, 15) is 31.1 Å². The van der Waals surface area contributed by atoms with Crippen LogP contribution in [0.3, 0.4) is 0 Å². The number of benzene rings is 2. The Morgan fingerprint density at radius 1 is 0.929 bits per heavy atom. The minimum absolute atomic E-state index is 0.00566. The first-order chi connectivity index (χ1) is 13.0. The molecular weight excluding hydrogens is 392 g/mol. The number of anilines is 1. The lowest BCUT2D eigenvalue weighted by molar-refractivity contribution is -0.138. The van der Waals surface area contributed by atoms with E-state index in [-0.39, 0.29) is 30.2 Å². The molecule has 2 aromatic rings. The fraction of sp³-hybridized carbons (Fsp3) is 0.278. The van der Waals surface area contributed by atoms with E-state index in [1.807, 2.05) is 0 Å². The summed E-state index contributed by atoms with van der Waals surface area (Å²) in [7, 11) is 1.40. The molecule has 2 rings (SSSR count). The standard InChI is InChI=1S/C18H15F6NO3/c1-27-7-8-28-15-6-5-13(18(22,23)24)10-14(15)25-16(26)11-3-2-4-12(9-11)17(19,20)21/h2-6,9-10H,7-8H2,1H3,(H,25,26). The average Bonchev–Trinajstić information content (AvgIpc) is 2.61. The molecule has 10 heteroatoms. The van der Waals surface area contributed by atoms with Gasteiger partial charge in [-0.3, -0.25) is 4.79 Å². The molecular formula is C18H15F6NO3. The van der Waals surface area contributed by atoms with Gasteiger partial charge in [0, 0.05) is 12.7 Å². The third-order valence-electron chi connectivity index (χ3n) is 3.55. The summed E-state index contributed by atoms with van der Waals surface area (Å²) in [6.45, 7) is 0.135. The van der Waals surface area contributed by atoms with Crippen molar-refractivity contribution < 1.29 is 40.6 Å². The van der Waals surface area contributed by atoms with Crippen molar-refractivity contribution in [3.05, 3.63) is 59.2 Å². The van der Waals surface area contributed by atoms with Gasteiger partial charge in [0.05, 0.1) is 23.4 Å². The molecule has 2 aromatic carbocycles. The van der Waals surface area contributed by atoms with Gasteiger partial charge in [0.15, 0.2) is 0 Å². The van der Waals surface area contributed by atoms with E-state index in [4.69, 9.17) is 9.47 Å². The van der Waals surface area contributed by atoms with Gasteiger partial charge in [-0.25, -0.2) is 0 Å². The molecule has 152 valence electrons. The normalized spacial score (nSPS) is 12.0. The Labute approximate surface area is 156 Å². The zero-order valence-electron chi connectivity index (χ0n) is 14.4. The number of alkyl halides is 6. The Morgan fingerprint density at radius 2 is 1.57 bits per heavy atom. The summed E-state index contributed by atoms with van der Waals surface area (Å²) in [6, 6.07) is 5.95. The van der Waals surface area contributed by atoms with E-state index in [0.29, 0.717) is 12.1 Å². The van der Waals surface area contributed by atoms with Crippen LogP contribution in [0.2, 0.25) is 0 Å². The van der Waals surface area contributed by atoms with E-state index >= 15 is 0 Å². The Kier molecular flexibility index (Phi) is 6.55. The highest BCUT2D eigenvalue weighted by Crippen LogP contribution is 2.35. The Morgan fingerprint density at radius 3 is 2.18 bits per heavy atom. The fourth-order valence-electron chi connectivity index (χ4n) is 2.20. The monoisotopic (exact) mass is 407 g/mol. The van der Waals surface area contributed by atoms with Gasteiger partial charge >= 0.3 is 12.4 Å². The second kappa shape index (κ2) is 8.51. The van der Waals surface area contributed by atoms with Crippen molar-refractivity contribution in [2.75, 3.05) is 25.6 Å². The number of carbonyl (C=O) groups excluding carboxylic acids is 1. The molecule has 0 fully saturated rings. The van der Waals surface area contributed by atoms with Gasteiger partial charge in [-0.05, 0) is 36.4 Å². The van der Waals surface area contributed by atoms with Gasteiger partial charge in [-0.2, -0.15) is 26.3 Å². The zero-order chi connectivity index (χ0) is 20.9. The molecule has 0 atom stereocenters. The largest absolute Gasteiger partial charge is 0.489 e. The minimum atomic E-state index is -4.68. The lowest BCUT2D eigenvalue weighted by Crippen LogP contribution is -2.16. The Hall–Kier alpha value is -2.75. The first-order valence-electron chi connectivity index (χ1n) is 7.84. The van der Waals surface area contributed by atoms with Crippen molar-refractivity contribution in [3.8, 4) is 5.75 Å². The molecule has 0 saturated heterocycles. The molecule has 1 N–H and O–H groups in total. The van der Waals surface area contributed by atoms with Gasteiger partial charge in [-0.1, -0.05) is 6.07 Å². The van der Waals surface area contributed by atoms with Crippen LogP contribution in [-0.4, -0.2) is 26.2 Å². The smallest absolute Gasteiger partial charge is 0.416 e. The summed E-state index contributed by atoms with van der Waals surface area (Å²) in [6.07, 6.45) is -9.35. The highest BCUT2D eigenvalue weighted by Gasteiger charge is 2.32. The Balaban J connectivity index is 2.33. The third-order valence-corrected chi connectivity index (χ3v) is 3.55. The van der Waals surface area contributed by atoms with Crippen LogP contribution in [0.5, 0.6) is 5.75 Å². The number of carbonyl (C=O) groups is 1. The van der Waals surface area contributed by atoms with Gasteiger partial charge < -0.3 is 14.8 Å². The van der Waals surface area contributed by atoms with Crippen LogP contribution in [0.1, 0.15) is 21.5 Å². The highest BCUT2D eigenvalue weighted by atomic mass is 19.4. The van der Waals surface area contributed by atoms with E-state index < -0.39 is 29.4 Å². The number of hydrogen-bond acceptors (Lipinski definition) is 3. The molecule has 4 nitrogen and oxygen atoms in total. The predicted molar refractivity (Wildman–Crippen MR) is 88.2 cm³/mol. The molecule has 0 aliphatic rings. The van der Waals surface area contributed by atoms with E-state index in [2.05, 4.69) is 5.32 Å². The van der Waals surface area contributed by atoms with Crippen LogP contribution in [-0.2, 0) is 17.1 Å². The maximum absolute atomic E-state index is 13.0. The first kappa shape index (κ1) is 21.5. The molecule has 0 saturated carbocycles. The number of methoxy groups -OCH3 is 1. The van der Waals surface area contributed by atoms with Crippen molar-refractivity contribution in [3.63, 3.8) is 0 Å². The van der Waals surface area contributed by atoms with Crippen molar-refractivity contribution >= 4 is 11.6 Å². The van der Waals surface area contributed by atoms with Gasteiger partial charge in [-0.15, -0.1) is 0 Å². The quantitative estimate of drug-likeness (QED) is 0.542. The van der Waals surface area contributed by atoms with Gasteiger partial charge in [0.25, 0.3) is 5.91 Å². The number of halogens is 6. The summed E-state index contributed by atoms with van der Waals surface area (Å²) in [5, 5.41) is 2.17. The molecule has 0 aliphatic carbocycles. The van der Waals surface area contributed by atoms with Crippen molar-refractivity contribution in [1.29, 1.82) is 0 Å². The minimum Gasteiger partial charge on any atom is -0.489 e. The van der Waals surface area contributed by atoms with Crippen LogP contribution in [0.4, 0.5) is 32.0 Å². The second-order valence-corrected chi connectivity index (χ2v) is 5.58. The average molecular weight is 407 g/mol. The molecule has 0 radical (unpaired) electrons. The zero-order valence-corrected chi connectivity index (χ0v) is 14.4. The van der Waals surface area contributed by atoms with Crippen molar-refractivity contribution in [2.45, 2.75) is 12.4 Å². The first-order valence-corrected chi connectivity index (χ1v) is 7.84. The third kappa shape index (κ3) is 5.62. The van der Waals surface area contributed by atoms with E-state index in [1.165, 1.54) is 7.11 Å². The number of nitrogens with one attached hydrogen (secondary N) is 1. The number of amides is 1. The summed E-state index contributed by atoms with van der Waals surface area (Å²) < 4.78 is 87.3. The number of rotatable bonds is 6. The second-order valence-electron chi connectivity index (χ2n) is 5.58. The van der Waals surface area contributed by atoms with Crippen molar-refractivity contribution in [2.24, 2.45) is 0 Å². The lowest BCUT2D eigenvalue weighted by atomic mass is 10.1. The molecule has 0 bridgehead atoms. The number of ether oxygens (including phenoxy) is 2. The van der Waals surface area contributed by atoms with Gasteiger partial charge in [0.1, 0.15) is 12.4 Å². The maximum Gasteiger partial charge on any atom is 0.416 e. The molecule has 0 unspecified atom stereocenters.